The van der Waals surface area contributed by atoms with Gasteiger partial charge in [0, 0.05) is 51.9 Å². The fourth-order valence-electron chi connectivity index (χ4n) is 7.87. The molecule has 0 aliphatic carbocycles. The van der Waals surface area contributed by atoms with Gasteiger partial charge in [0.05, 0.1) is 46.7 Å². The predicted octanol–water partition coefficient (Wildman–Crippen LogP) is 28.2. The van der Waals surface area contributed by atoms with Gasteiger partial charge in [0.25, 0.3) is 0 Å². The molecule has 5 N–H and O–H groups in total. The molecule has 1 rings (SSSR count). The Bertz CT molecular complexity index is 2670. The van der Waals surface area contributed by atoms with Gasteiger partial charge in [-0.3, -0.25) is 24.0 Å². The van der Waals surface area contributed by atoms with Crippen LogP contribution >= 0.6 is 11.6 Å². The van der Waals surface area contributed by atoms with Gasteiger partial charge in [-0.05, 0) is 277 Å². The molecule has 0 aromatic heterocycles. The highest BCUT2D eigenvalue weighted by molar-refractivity contribution is 6.78. The third-order valence-electron chi connectivity index (χ3n) is 20.1. The van der Waals surface area contributed by atoms with Crippen molar-refractivity contribution in [2.45, 2.75) is 421 Å². The van der Waals surface area contributed by atoms with Crippen molar-refractivity contribution in [3.05, 3.63) is 70.3 Å². The van der Waals surface area contributed by atoms with E-state index in [2.05, 4.69) is 172 Å². The van der Waals surface area contributed by atoms with Gasteiger partial charge >= 0.3 is 17.9 Å². The first kappa shape index (κ1) is 127. The number of Topliss-reactive ketones (excluding diaryl/α,β-unsaturated/α-hetero) is 1. The molecule has 0 aliphatic heterocycles. The number of aldehydes is 2. The number of aliphatic hydroxyl groups excluding tert-OH is 2. The minimum atomic E-state index is -1.54. The third kappa shape index (κ3) is 77.0. The number of aromatic hydroxyl groups is 2. The van der Waals surface area contributed by atoms with Gasteiger partial charge < -0.3 is 53.7 Å². The maximum Gasteiger partial charge on any atom is 0.311 e. The second-order valence-corrected chi connectivity index (χ2v) is 54.9. The van der Waals surface area contributed by atoms with Crippen molar-refractivity contribution in [2.75, 3.05) is 46.2 Å². The van der Waals surface area contributed by atoms with Crippen LogP contribution in [0.5, 0.6) is 11.5 Å². The molecule has 16 nitrogen and oxygen atoms in total. The van der Waals surface area contributed by atoms with Gasteiger partial charge in [-0.1, -0.05) is 209 Å². The Kier molecular flexibility index (Phi) is 79.3. The van der Waals surface area contributed by atoms with E-state index in [1.54, 1.807) is 13.8 Å². The summed E-state index contributed by atoms with van der Waals surface area (Å²) in [6, 6.07) is 0. The fourth-order valence-corrected chi connectivity index (χ4v) is 10.3. The molecule has 0 bridgehead atoms. The number of benzene rings is 1. The minimum absolute atomic E-state index is 0.0862. The van der Waals surface area contributed by atoms with Crippen LogP contribution in [0.1, 0.15) is 368 Å². The van der Waals surface area contributed by atoms with Gasteiger partial charge in [-0.25, -0.2) is 0 Å². The number of allylic oxidation sites excluding steroid dienone is 8. The van der Waals surface area contributed by atoms with Crippen LogP contribution in [0.2, 0.25) is 66.0 Å². The van der Waals surface area contributed by atoms with Crippen LogP contribution in [0.15, 0.2) is 48.6 Å². The topological polar surface area (TPSA) is 253 Å². The lowest BCUT2D eigenvalue weighted by Crippen LogP contribution is -2.40. The lowest BCUT2D eigenvalue weighted by molar-refractivity contribution is -0.153. The molecule has 0 heterocycles. The molecule has 684 valence electrons. The molecule has 0 atom stereocenters. The Balaban J connectivity index is -0.000000197. The summed E-state index contributed by atoms with van der Waals surface area (Å²) in [4.78, 5) is 66.1. The number of unbranched alkanes of at least 4 members (excludes halogenated alkanes) is 18. The summed E-state index contributed by atoms with van der Waals surface area (Å²) in [5, 5.41) is 43.7. The second-order valence-electron chi connectivity index (χ2n) is 38.9. The number of phenols is 2. The highest BCUT2D eigenvalue weighted by Crippen LogP contribution is 2.41. The molecule has 0 unspecified atom stereocenters. The average Bonchev–Trinajstić information content (AvgIpc) is 0.793. The van der Waals surface area contributed by atoms with Crippen molar-refractivity contribution in [3.63, 3.8) is 0 Å². The third-order valence-corrected chi connectivity index (χ3v) is 34.1. The number of hydrogen-bond donors (Lipinski definition) is 5. The smallest absolute Gasteiger partial charge is 0.311 e. The minimum Gasteiger partial charge on any atom is -0.507 e. The molecule has 0 fully saturated rings. The molecule has 0 spiro atoms. The van der Waals surface area contributed by atoms with Gasteiger partial charge in [-0.15, -0.1) is 0 Å². The molecule has 0 amide bonds. The first-order valence-corrected chi connectivity index (χ1v) is 53.6. The summed E-state index contributed by atoms with van der Waals surface area (Å²) in [6.45, 7) is 75.7. The Labute approximate surface area is 723 Å². The molecule has 0 saturated carbocycles. The average molecular weight is 1710 g/mol. The van der Waals surface area contributed by atoms with Gasteiger partial charge in [0.2, 0.25) is 0 Å². The van der Waals surface area contributed by atoms with Crippen molar-refractivity contribution in [1.29, 1.82) is 5.41 Å². The van der Waals surface area contributed by atoms with Crippen LogP contribution in [-0.2, 0) is 53.5 Å². The van der Waals surface area contributed by atoms with Gasteiger partial charge in [0.1, 0.15) is 23.6 Å². The zero-order chi connectivity index (χ0) is 92.1. The molecule has 0 aliphatic rings. The van der Waals surface area contributed by atoms with E-state index in [1.807, 2.05) is 95.2 Å². The predicted molar refractivity (Wildman–Crippen MR) is 508 cm³/mol. The molecule has 1 aromatic rings. The van der Waals surface area contributed by atoms with E-state index in [9.17, 15) is 39.0 Å². The monoisotopic (exact) mass is 1710 g/mol. The fraction of sp³-hybridized carbons (Fsp3) is 0.781. The molecular weight excluding hydrogens is 1530 g/mol. The van der Waals surface area contributed by atoms with Gasteiger partial charge in [-0.2, -0.15) is 0 Å². The SMILES string of the molecule is C=N.CC(=O)C(C)(C)C.CC(C)(C)[Si](C)(C)C.CC(C)(C)[Si](C)(C)OCCCCCC=O.CC/C=C/CCCCCOC(=O)C(C)(C)C.CC/C=C/CCCCCOC(=O)C(C)(C)C.CC/C=C/CCCCCO[Si](C)(C)C(C)(C)C.Cc1c(Cl)c(O)c(C/C=C/CCCCCOC(=O)C(C)(C)C)c(O)c1C=O.OCCCCCCO. The number of esters is 3. The Morgan fingerprint density at radius 1 is 0.397 bits per heavy atom. The van der Waals surface area contributed by atoms with Crippen LogP contribution in [-0.4, -0.2) is 134 Å². The summed E-state index contributed by atoms with van der Waals surface area (Å²) in [5.41, 5.74) is -0.637. The lowest BCUT2D eigenvalue weighted by Gasteiger charge is -2.36. The van der Waals surface area contributed by atoms with E-state index in [1.165, 1.54) is 38.5 Å². The zero-order valence-corrected chi connectivity index (χ0v) is 85.1. The normalized spacial score (nSPS) is 12.1. The van der Waals surface area contributed by atoms with E-state index in [-0.39, 0.29) is 87.2 Å². The van der Waals surface area contributed by atoms with E-state index >= 15 is 0 Å². The van der Waals surface area contributed by atoms with Crippen molar-refractivity contribution in [3.8, 4) is 11.5 Å². The highest BCUT2D eigenvalue weighted by Gasteiger charge is 2.38. The first-order valence-electron chi connectivity index (χ1n) is 43.9. The van der Waals surface area contributed by atoms with Crippen LogP contribution < -0.4 is 0 Å². The standard InChI is InChI=1S/C21H29ClO5.C15H32OSi.2C14H26O2.C12H26O2Si.C7H18Si.C6H14O2.C6H12O.CH3N/c1-14-16(13-23)18(24)15(19(25)17(14)22)11-9-7-5-6-8-10-12-27-20(26)21(2,3)4;1-7-8-9-10-11-12-13-14-16-17(5,6)15(2,3)4;2*1-5-6-7-8-9-10-11-12-16-13(15)14(2,3)4;1-12(2,3)15(4,5)14-11-9-7-6-8-10-13;1-7(2,3)8(4,5)6;7-5-3-1-2-4-6-8;1-5(7)6(2,3)4;1-2/h7,9,13,24-25H,5-6,8,10-12H2,1-4H3;8-9H,7,10-14H2,1-6H3;2*6-7H,5,8-12H2,1-4H3;10H,6-9,11H2,1-5H3;1-6H3;7-8H,1-6H2;1-4H3;2H,1H2/b9-7+;9-8+;2*7-6+;;;;;. The summed E-state index contributed by atoms with van der Waals surface area (Å²) in [7, 11) is -3.90. The quantitative estimate of drug-likeness (QED) is 0.00775. The second kappa shape index (κ2) is 72.3. The van der Waals surface area contributed by atoms with Gasteiger partial charge in [0.15, 0.2) is 22.9 Å². The van der Waals surface area contributed by atoms with E-state index < -0.39 is 30.1 Å². The molecule has 20 heteroatoms. The van der Waals surface area contributed by atoms with Crippen molar-refractivity contribution in [1.82, 2.24) is 0 Å². The Hall–Kier alpha value is -4.35. The maximum atomic E-state index is 11.6. The molecule has 116 heavy (non-hydrogen) atoms. The number of aliphatic hydroxyl groups is 2. The summed E-state index contributed by atoms with van der Waals surface area (Å²) in [6.07, 6.45) is 47.5. The van der Waals surface area contributed by atoms with Crippen LogP contribution in [0.4, 0.5) is 0 Å². The van der Waals surface area contributed by atoms with E-state index in [4.69, 9.17) is 50.3 Å². The number of nitrogens with one attached hydrogen (secondary N) is 1. The van der Waals surface area contributed by atoms with Crippen LogP contribution in [0, 0.1) is 34.0 Å². The molecular formula is C96H186ClNO15Si3. The number of rotatable bonds is 43. The number of carbonyl (C=O) groups is 6. The number of carbonyl (C=O) groups excluding carboxylic acids is 6. The zero-order valence-electron chi connectivity index (χ0n) is 81.4. The highest BCUT2D eigenvalue weighted by atomic mass is 35.5. The van der Waals surface area contributed by atoms with Crippen LogP contribution in [0.25, 0.3) is 0 Å². The summed E-state index contributed by atoms with van der Waals surface area (Å²) < 4.78 is 27.7. The maximum absolute atomic E-state index is 11.6. The van der Waals surface area contributed by atoms with Crippen LogP contribution in [0.3, 0.4) is 0 Å². The Morgan fingerprint density at radius 2 is 0.655 bits per heavy atom. The molecule has 1 aromatic carbocycles. The number of phenolic OH excluding ortho intramolecular Hbond substituents is 2. The van der Waals surface area contributed by atoms with Crippen molar-refractivity contribution < 1.29 is 72.3 Å². The summed E-state index contributed by atoms with van der Waals surface area (Å²) in [5.74, 6) is -0.560. The Morgan fingerprint density at radius 3 is 0.879 bits per heavy atom. The summed E-state index contributed by atoms with van der Waals surface area (Å²) >= 11 is 6.02. The number of hydrogen-bond acceptors (Lipinski definition) is 16. The van der Waals surface area contributed by atoms with E-state index in [0.717, 1.165) is 148 Å². The first-order chi connectivity index (χ1) is 53.3. The van der Waals surface area contributed by atoms with E-state index in [0.29, 0.717) is 53.2 Å². The van der Waals surface area contributed by atoms with Crippen molar-refractivity contribution >= 4 is 79.3 Å². The lowest BCUT2D eigenvalue weighted by atomic mass is 9.92. The molecule has 0 saturated heterocycles. The number of ketones is 1. The largest absolute Gasteiger partial charge is 0.507 e. The van der Waals surface area contributed by atoms with Crippen molar-refractivity contribution in [2.24, 2.45) is 21.7 Å². The number of ether oxygens (including phenoxy) is 3. The molecule has 0 radical (unpaired) electrons. The number of halogens is 1.